The lowest BCUT2D eigenvalue weighted by atomic mass is 9.85. The van der Waals surface area contributed by atoms with Gasteiger partial charge in [0, 0.05) is 6.42 Å². The fraction of sp³-hybridized carbons (Fsp3) is 0.136. The highest BCUT2D eigenvalue weighted by atomic mass is 16.5. The van der Waals surface area contributed by atoms with Crippen molar-refractivity contribution in [3.8, 4) is 5.75 Å². The molecule has 3 rings (SSSR count). The maximum absolute atomic E-state index is 13.0. The van der Waals surface area contributed by atoms with E-state index in [1.165, 1.54) is 0 Å². The zero-order valence-electron chi connectivity index (χ0n) is 13.7. The number of hydrogen-bond donors (Lipinski definition) is 0. The van der Waals surface area contributed by atoms with Gasteiger partial charge in [-0.05, 0) is 28.8 Å². The summed E-state index contributed by atoms with van der Waals surface area (Å²) in [4.78, 5) is 13.0. The van der Waals surface area contributed by atoms with Gasteiger partial charge in [-0.25, -0.2) is 0 Å². The van der Waals surface area contributed by atoms with Crippen LogP contribution in [0.15, 0.2) is 84.9 Å². The molecule has 0 aliphatic carbocycles. The van der Waals surface area contributed by atoms with Gasteiger partial charge in [0.1, 0.15) is 11.5 Å². The third-order valence-corrected chi connectivity index (χ3v) is 4.13. The topological polar surface area (TPSA) is 26.3 Å². The predicted molar refractivity (Wildman–Crippen MR) is 96.4 cm³/mol. The van der Waals surface area contributed by atoms with Gasteiger partial charge in [0.15, 0.2) is 0 Å². The van der Waals surface area contributed by atoms with Crippen molar-refractivity contribution in [2.24, 2.45) is 0 Å². The average Bonchev–Trinajstić information content (AvgIpc) is 2.64. The molecule has 1 atom stereocenters. The lowest BCUT2D eigenvalue weighted by Crippen LogP contribution is -2.16. The summed E-state index contributed by atoms with van der Waals surface area (Å²) in [6.07, 6.45) is 0.423. The highest BCUT2D eigenvalue weighted by Crippen LogP contribution is 2.28. The fourth-order valence-electron chi connectivity index (χ4n) is 2.91. The Morgan fingerprint density at radius 3 is 1.92 bits per heavy atom. The van der Waals surface area contributed by atoms with Gasteiger partial charge in [-0.15, -0.1) is 0 Å². The van der Waals surface area contributed by atoms with Crippen LogP contribution in [0.3, 0.4) is 0 Å². The van der Waals surface area contributed by atoms with E-state index in [0.29, 0.717) is 6.42 Å². The summed E-state index contributed by atoms with van der Waals surface area (Å²) in [5.74, 6) is 0.718. The summed E-state index contributed by atoms with van der Waals surface area (Å²) in [6.45, 7) is 0. The Morgan fingerprint density at radius 1 is 0.792 bits per heavy atom. The molecule has 2 nitrogen and oxygen atoms in total. The number of ketones is 1. The van der Waals surface area contributed by atoms with Gasteiger partial charge in [-0.1, -0.05) is 72.8 Å². The molecule has 0 spiro atoms. The first kappa shape index (κ1) is 16.0. The first-order valence-electron chi connectivity index (χ1n) is 8.03. The lowest BCUT2D eigenvalue weighted by Gasteiger charge is -2.17. The molecular weight excluding hydrogens is 296 g/mol. The average molecular weight is 316 g/mol. The molecule has 0 heterocycles. The van der Waals surface area contributed by atoms with E-state index in [2.05, 4.69) is 0 Å². The van der Waals surface area contributed by atoms with Crippen molar-refractivity contribution in [1.29, 1.82) is 0 Å². The lowest BCUT2D eigenvalue weighted by molar-refractivity contribution is -0.119. The molecule has 0 saturated heterocycles. The fourth-order valence-corrected chi connectivity index (χ4v) is 2.91. The van der Waals surface area contributed by atoms with E-state index in [1.54, 1.807) is 7.11 Å². The third-order valence-electron chi connectivity index (χ3n) is 4.13. The molecule has 24 heavy (non-hydrogen) atoms. The van der Waals surface area contributed by atoms with Crippen LogP contribution in [-0.4, -0.2) is 12.9 Å². The molecule has 0 aromatic heterocycles. The van der Waals surface area contributed by atoms with Crippen LogP contribution in [0.25, 0.3) is 0 Å². The Hall–Kier alpha value is -2.87. The zero-order valence-corrected chi connectivity index (χ0v) is 13.7. The molecule has 3 aromatic carbocycles. The number of rotatable bonds is 6. The molecule has 0 fully saturated rings. The summed E-state index contributed by atoms with van der Waals surface area (Å²) >= 11 is 0. The summed E-state index contributed by atoms with van der Waals surface area (Å²) in [5.41, 5.74) is 3.04. The van der Waals surface area contributed by atoms with Crippen LogP contribution in [-0.2, 0) is 11.2 Å². The largest absolute Gasteiger partial charge is 0.497 e. The van der Waals surface area contributed by atoms with Crippen molar-refractivity contribution in [3.63, 3.8) is 0 Å². The maximum atomic E-state index is 13.0. The minimum Gasteiger partial charge on any atom is -0.497 e. The van der Waals surface area contributed by atoms with Gasteiger partial charge in [0.25, 0.3) is 0 Å². The number of carbonyl (C=O) groups is 1. The molecular formula is C22H20O2. The van der Waals surface area contributed by atoms with Crippen molar-refractivity contribution < 1.29 is 9.53 Å². The molecule has 3 aromatic rings. The van der Waals surface area contributed by atoms with Gasteiger partial charge in [-0.2, -0.15) is 0 Å². The monoisotopic (exact) mass is 316 g/mol. The van der Waals surface area contributed by atoms with Gasteiger partial charge in [0.05, 0.1) is 13.0 Å². The van der Waals surface area contributed by atoms with E-state index in [4.69, 9.17) is 4.74 Å². The van der Waals surface area contributed by atoms with E-state index in [0.717, 1.165) is 22.4 Å². The molecule has 0 aliphatic rings. The predicted octanol–water partition coefficient (Wildman–Crippen LogP) is 4.64. The molecule has 1 unspecified atom stereocenters. The van der Waals surface area contributed by atoms with Crippen LogP contribution < -0.4 is 4.74 Å². The van der Waals surface area contributed by atoms with Crippen molar-refractivity contribution in [2.75, 3.05) is 7.11 Å². The SMILES string of the molecule is COc1ccc(C(C(=O)Cc2ccccc2)c2ccccc2)cc1. The highest BCUT2D eigenvalue weighted by Gasteiger charge is 2.22. The highest BCUT2D eigenvalue weighted by molar-refractivity contribution is 5.90. The second-order valence-electron chi connectivity index (χ2n) is 5.75. The number of benzene rings is 3. The Bertz CT molecular complexity index is 777. The first-order valence-corrected chi connectivity index (χ1v) is 8.03. The molecule has 0 radical (unpaired) electrons. The van der Waals surface area contributed by atoms with Crippen LogP contribution in [0.1, 0.15) is 22.6 Å². The normalized spacial score (nSPS) is 11.7. The van der Waals surface area contributed by atoms with Crippen LogP contribution in [0.4, 0.5) is 0 Å². The van der Waals surface area contributed by atoms with E-state index in [-0.39, 0.29) is 11.7 Å². The molecule has 120 valence electrons. The zero-order chi connectivity index (χ0) is 16.8. The Morgan fingerprint density at radius 2 is 1.33 bits per heavy atom. The summed E-state index contributed by atoms with van der Waals surface area (Å²) in [5, 5.41) is 0. The molecule has 2 heteroatoms. The Labute approximate surface area is 142 Å². The van der Waals surface area contributed by atoms with Crippen LogP contribution in [0.2, 0.25) is 0 Å². The third kappa shape index (κ3) is 3.72. The van der Waals surface area contributed by atoms with Gasteiger partial charge in [-0.3, -0.25) is 4.79 Å². The maximum Gasteiger partial charge on any atom is 0.149 e. The van der Waals surface area contributed by atoms with E-state index in [9.17, 15) is 4.79 Å². The number of Topliss-reactive ketones (excluding diaryl/α,β-unsaturated/α-hetero) is 1. The van der Waals surface area contributed by atoms with Crippen LogP contribution >= 0.6 is 0 Å². The Balaban J connectivity index is 1.94. The van der Waals surface area contributed by atoms with E-state index < -0.39 is 0 Å². The van der Waals surface area contributed by atoms with Crippen molar-refractivity contribution in [3.05, 3.63) is 102 Å². The summed E-state index contributed by atoms with van der Waals surface area (Å²) < 4.78 is 5.23. The summed E-state index contributed by atoms with van der Waals surface area (Å²) in [6, 6.07) is 27.6. The van der Waals surface area contributed by atoms with Crippen LogP contribution in [0, 0.1) is 0 Å². The van der Waals surface area contributed by atoms with Crippen LogP contribution in [0.5, 0.6) is 5.75 Å². The molecule has 0 aliphatic heterocycles. The van der Waals surface area contributed by atoms with Crippen molar-refractivity contribution >= 4 is 5.78 Å². The summed E-state index contributed by atoms with van der Waals surface area (Å²) in [7, 11) is 1.64. The molecule has 0 N–H and O–H groups in total. The number of hydrogen-bond acceptors (Lipinski definition) is 2. The number of ether oxygens (including phenoxy) is 1. The van der Waals surface area contributed by atoms with E-state index >= 15 is 0 Å². The van der Waals surface area contributed by atoms with Crippen molar-refractivity contribution in [2.45, 2.75) is 12.3 Å². The second-order valence-corrected chi connectivity index (χ2v) is 5.75. The first-order chi connectivity index (χ1) is 11.8. The van der Waals surface area contributed by atoms with E-state index in [1.807, 2.05) is 84.9 Å². The van der Waals surface area contributed by atoms with Gasteiger partial charge in [0.2, 0.25) is 0 Å². The van der Waals surface area contributed by atoms with Crippen molar-refractivity contribution in [1.82, 2.24) is 0 Å². The molecule has 0 amide bonds. The standard InChI is InChI=1S/C22H20O2/c1-24-20-14-12-19(13-15-20)22(18-10-6-3-7-11-18)21(23)16-17-8-4-2-5-9-17/h2-15,22H,16H2,1H3. The number of methoxy groups -OCH3 is 1. The minimum atomic E-state index is -0.266. The second kappa shape index (κ2) is 7.60. The van der Waals surface area contributed by atoms with Gasteiger partial charge >= 0.3 is 0 Å². The smallest absolute Gasteiger partial charge is 0.149 e. The molecule has 0 bridgehead atoms. The number of carbonyl (C=O) groups excluding carboxylic acids is 1. The minimum absolute atomic E-state index is 0.192. The quantitative estimate of drug-likeness (QED) is 0.662. The van der Waals surface area contributed by atoms with Gasteiger partial charge < -0.3 is 4.74 Å². The Kier molecular flexibility index (Phi) is 5.07. The molecule has 0 saturated carbocycles.